The third-order valence-corrected chi connectivity index (χ3v) is 4.35. The predicted octanol–water partition coefficient (Wildman–Crippen LogP) is 1.13. The lowest BCUT2D eigenvalue weighted by molar-refractivity contribution is -0.0988. The van der Waals surface area contributed by atoms with Gasteiger partial charge in [-0.2, -0.15) is 0 Å². The van der Waals surface area contributed by atoms with E-state index >= 15 is 0 Å². The highest BCUT2D eigenvalue weighted by atomic mass is 16.5. The van der Waals surface area contributed by atoms with Gasteiger partial charge in [0, 0.05) is 18.2 Å². The topological polar surface area (TPSA) is 84.3 Å². The van der Waals surface area contributed by atoms with Crippen molar-refractivity contribution in [1.82, 2.24) is 9.55 Å². The number of nitrogens with zero attached hydrogens (tertiary/aromatic N) is 1. The molecule has 0 radical (unpaired) electrons. The van der Waals surface area contributed by atoms with Crippen molar-refractivity contribution in [3.63, 3.8) is 0 Å². The molecule has 2 heterocycles. The van der Waals surface area contributed by atoms with Crippen LogP contribution in [0.1, 0.15) is 30.2 Å². The van der Waals surface area contributed by atoms with Crippen molar-refractivity contribution in [2.45, 2.75) is 38.0 Å². The van der Waals surface area contributed by atoms with Crippen molar-refractivity contribution in [2.24, 2.45) is 0 Å². The first-order valence-electron chi connectivity index (χ1n) is 7.68. The summed E-state index contributed by atoms with van der Waals surface area (Å²) >= 11 is 0. The van der Waals surface area contributed by atoms with Crippen LogP contribution in [0, 0.1) is 6.92 Å². The Labute approximate surface area is 133 Å². The first-order chi connectivity index (χ1) is 11.0. The molecule has 122 valence electrons. The van der Waals surface area contributed by atoms with E-state index in [-0.39, 0.29) is 12.2 Å². The first kappa shape index (κ1) is 15.7. The summed E-state index contributed by atoms with van der Waals surface area (Å²) in [4.78, 5) is 25.8. The molecule has 0 bridgehead atoms. The molecule has 6 nitrogen and oxygen atoms in total. The van der Waals surface area contributed by atoms with Crippen LogP contribution >= 0.6 is 0 Å². The molecule has 2 atom stereocenters. The van der Waals surface area contributed by atoms with E-state index in [0.717, 1.165) is 5.56 Å². The lowest BCUT2D eigenvalue weighted by atomic mass is 9.92. The molecule has 1 aliphatic rings. The Balaban J connectivity index is 1.85. The average molecular weight is 316 g/mol. The van der Waals surface area contributed by atoms with Crippen LogP contribution in [-0.4, -0.2) is 26.9 Å². The van der Waals surface area contributed by atoms with Crippen molar-refractivity contribution >= 4 is 0 Å². The summed E-state index contributed by atoms with van der Waals surface area (Å²) in [7, 11) is 0. The number of aliphatic hydroxyl groups excluding tert-OH is 1. The Morgan fingerprint density at radius 2 is 2.09 bits per heavy atom. The number of ether oxygens (including phenoxy) is 1. The van der Waals surface area contributed by atoms with Crippen molar-refractivity contribution in [1.29, 1.82) is 0 Å². The predicted molar refractivity (Wildman–Crippen MR) is 85.4 cm³/mol. The Hall–Kier alpha value is -2.18. The summed E-state index contributed by atoms with van der Waals surface area (Å²) in [5, 5.41) is 9.84. The van der Waals surface area contributed by atoms with E-state index in [0.29, 0.717) is 24.8 Å². The summed E-state index contributed by atoms with van der Waals surface area (Å²) in [6, 6.07) is 9.82. The second-order valence-corrected chi connectivity index (χ2v) is 6.09. The molecule has 0 spiro atoms. The molecule has 23 heavy (non-hydrogen) atoms. The van der Waals surface area contributed by atoms with E-state index in [1.165, 1.54) is 10.8 Å². The fourth-order valence-corrected chi connectivity index (χ4v) is 3.06. The molecular weight excluding hydrogens is 296 g/mol. The zero-order chi connectivity index (χ0) is 16.4. The number of aliphatic hydroxyl groups is 1. The highest BCUT2D eigenvalue weighted by Crippen LogP contribution is 2.37. The molecule has 1 aromatic heterocycles. The first-order valence-corrected chi connectivity index (χ1v) is 7.68. The third kappa shape index (κ3) is 3.13. The molecular formula is C17H20N2O4. The lowest BCUT2D eigenvalue weighted by Crippen LogP contribution is -2.38. The highest BCUT2D eigenvalue weighted by Gasteiger charge is 2.41. The standard InChI is InChI=1S/C17H20N2O4/c1-12-10-19(16(22)18-15(12)21)14-7-8-17(11-20,23-14)9-13-5-3-2-4-6-13/h2-6,10,14,20H,7-9,11H2,1H3,(H,18,21,22)/t14-,17+/m1/s1. The molecule has 0 amide bonds. The van der Waals surface area contributed by atoms with Crippen LogP contribution in [0.15, 0.2) is 46.1 Å². The minimum absolute atomic E-state index is 0.116. The van der Waals surface area contributed by atoms with E-state index in [1.807, 2.05) is 30.3 Å². The van der Waals surface area contributed by atoms with Crippen LogP contribution in [0.2, 0.25) is 0 Å². The second kappa shape index (κ2) is 6.14. The highest BCUT2D eigenvalue weighted by molar-refractivity contribution is 5.18. The number of hydrogen-bond acceptors (Lipinski definition) is 4. The van der Waals surface area contributed by atoms with Gasteiger partial charge in [-0.1, -0.05) is 30.3 Å². The van der Waals surface area contributed by atoms with Gasteiger partial charge in [0.25, 0.3) is 5.56 Å². The fourth-order valence-electron chi connectivity index (χ4n) is 3.06. The quantitative estimate of drug-likeness (QED) is 0.885. The molecule has 1 aliphatic heterocycles. The molecule has 3 rings (SSSR count). The number of aryl methyl sites for hydroxylation is 1. The van der Waals surface area contributed by atoms with Crippen molar-refractivity contribution in [3.05, 3.63) is 68.5 Å². The maximum absolute atomic E-state index is 12.0. The molecule has 0 aliphatic carbocycles. The summed E-state index contributed by atoms with van der Waals surface area (Å²) in [5.41, 5.74) is -0.0406. The van der Waals surface area contributed by atoms with Gasteiger partial charge < -0.3 is 9.84 Å². The lowest BCUT2D eigenvalue weighted by Gasteiger charge is -2.28. The number of aromatic nitrogens is 2. The van der Waals surface area contributed by atoms with E-state index < -0.39 is 17.5 Å². The van der Waals surface area contributed by atoms with Gasteiger partial charge in [-0.15, -0.1) is 0 Å². The largest absolute Gasteiger partial charge is 0.393 e. The second-order valence-electron chi connectivity index (χ2n) is 6.09. The van der Waals surface area contributed by atoms with E-state index in [2.05, 4.69) is 4.98 Å². The van der Waals surface area contributed by atoms with E-state index in [1.54, 1.807) is 6.92 Å². The van der Waals surface area contributed by atoms with Gasteiger partial charge >= 0.3 is 5.69 Å². The monoisotopic (exact) mass is 316 g/mol. The maximum atomic E-state index is 12.0. The van der Waals surface area contributed by atoms with Gasteiger partial charge in [0.2, 0.25) is 0 Å². The molecule has 0 unspecified atom stereocenters. The Morgan fingerprint density at radius 1 is 1.35 bits per heavy atom. The van der Waals surface area contributed by atoms with Gasteiger partial charge in [0.05, 0.1) is 12.2 Å². The molecule has 1 fully saturated rings. The number of rotatable bonds is 4. The average Bonchev–Trinajstić information content (AvgIpc) is 2.96. The Morgan fingerprint density at radius 3 is 2.78 bits per heavy atom. The minimum atomic E-state index is -0.699. The number of aromatic amines is 1. The minimum Gasteiger partial charge on any atom is -0.393 e. The van der Waals surface area contributed by atoms with Crippen molar-refractivity contribution in [3.8, 4) is 0 Å². The van der Waals surface area contributed by atoms with Gasteiger partial charge in [0.1, 0.15) is 6.23 Å². The van der Waals surface area contributed by atoms with Gasteiger partial charge in [-0.05, 0) is 25.3 Å². The molecule has 0 saturated carbocycles. The van der Waals surface area contributed by atoms with E-state index in [4.69, 9.17) is 4.74 Å². The Kier molecular flexibility index (Phi) is 4.19. The number of benzene rings is 1. The van der Waals surface area contributed by atoms with Gasteiger partial charge in [-0.3, -0.25) is 14.3 Å². The summed E-state index contributed by atoms with van der Waals surface area (Å²) in [6.45, 7) is 1.53. The van der Waals surface area contributed by atoms with Crippen LogP contribution < -0.4 is 11.2 Å². The normalized spacial score (nSPS) is 24.0. The molecule has 6 heteroatoms. The van der Waals surface area contributed by atoms with Crippen LogP contribution in [0.4, 0.5) is 0 Å². The van der Waals surface area contributed by atoms with Gasteiger partial charge in [0.15, 0.2) is 0 Å². The summed E-state index contributed by atoms with van der Waals surface area (Å²) in [6.07, 6.45) is 2.88. The van der Waals surface area contributed by atoms with Crippen LogP contribution in [0.5, 0.6) is 0 Å². The van der Waals surface area contributed by atoms with Crippen LogP contribution in [0.3, 0.4) is 0 Å². The number of nitrogens with one attached hydrogen (secondary N) is 1. The van der Waals surface area contributed by atoms with E-state index in [9.17, 15) is 14.7 Å². The number of H-pyrrole nitrogens is 1. The van der Waals surface area contributed by atoms with Crippen molar-refractivity contribution < 1.29 is 9.84 Å². The SMILES string of the molecule is Cc1cn([C@H]2CC[C@@](CO)(Cc3ccccc3)O2)c(=O)[nH]c1=O. The fraction of sp³-hybridized carbons (Fsp3) is 0.412. The summed E-state index contributed by atoms with van der Waals surface area (Å²) in [5.74, 6) is 0. The zero-order valence-corrected chi connectivity index (χ0v) is 13.0. The molecule has 2 aromatic rings. The molecule has 1 aromatic carbocycles. The van der Waals surface area contributed by atoms with Gasteiger partial charge in [-0.25, -0.2) is 4.79 Å². The van der Waals surface area contributed by atoms with Crippen LogP contribution in [-0.2, 0) is 11.2 Å². The van der Waals surface area contributed by atoms with Crippen molar-refractivity contribution in [2.75, 3.05) is 6.61 Å². The molecule has 1 saturated heterocycles. The van der Waals surface area contributed by atoms with Crippen LogP contribution in [0.25, 0.3) is 0 Å². The summed E-state index contributed by atoms with van der Waals surface area (Å²) < 4.78 is 7.46. The third-order valence-electron chi connectivity index (χ3n) is 4.35. The zero-order valence-electron chi connectivity index (χ0n) is 13.0. The maximum Gasteiger partial charge on any atom is 0.330 e. The number of hydrogen-bond donors (Lipinski definition) is 2. The smallest absolute Gasteiger partial charge is 0.330 e. The Bertz CT molecular complexity index is 796. The molecule has 2 N–H and O–H groups in total.